The third-order valence-corrected chi connectivity index (χ3v) is 3.60. The van der Waals surface area contributed by atoms with E-state index in [0.717, 1.165) is 24.9 Å². The molecule has 140 valence electrons. The average Bonchev–Trinajstić information content (AvgIpc) is 2.92. The molecule has 1 aromatic heterocycles. The fraction of sp³-hybridized carbons (Fsp3) is 0.812. The first-order valence-corrected chi connectivity index (χ1v) is 8.63. The standard InChI is InChI=1S/C16H33N7.HI/c1-5-17-16(19-13-15-20-14-21-23(15)4)18-11-9-7-6-8-10-12-22(2)3;/h14H,5-13H2,1-4H3,(H2,17,18,19);1H. The van der Waals surface area contributed by atoms with E-state index < -0.39 is 0 Å². The van der Waals surface area contributed by atoms with Crippen LogP contribution in [0.3, 0.4) is 0 Å². The van der Waals surface area contributed by atoms with Gasteiger partial charge in [-0.25, -0.2) is 9.98 Å². The van der Waals surface area contributed by atoms with Crippen LogP contribution in [0.15, 0.2) is 11.3 Å². The monoisotopic (exact) mass is 451 g/mol. The number of aliphatic imine (C=N–C) groups is 1. The maximum Gasteiger partial charge on any atom is 0.191 e. The molecule has 0 aliphatic rings. The van der Waals surface area contributed by atoms with Crippen LogP contribution in [0.25, 0.3) is 0 Å². The van der Waals surface area contributed by atoms with E-state index in [2.05, 4.69) is 51.6 Å². The molecule has 0 saturated carbocycles. The van der Waals surface area contributed by atoms with Gasteiger partial charge in [0.1, 0.15) is 18.7 Å². The zero-order valence-corrected chi connectivity index (χ0v) is 17.9. The van der Waals surface area contributed by atoms with Crippen LogP contribution in [-0.2, 0) is 13.6 Å². The van der Waals surface area contributed by atoms with Gasteiger partial charge in [-0.3, -0.25) is 4.68 Å². The smallest absolute Gasteiger partial charge is 0.191 e. The summed E-state index contributed by atoms with van der Waals surface area (Å²) in [5.41, 5.74) is 0. The number of unbranched alkanes of at least 4 members (excludes halogenated alkanes) is 4. The topological polar surface area (TPSA) is 70.4 Å². The molecule has 0 bridgehead atoms. The molecule has 0 amide bonds. The molecule has 0 aromatic carbocycles. The van der Waals surface area contributed by atoms with Crippen molar-refractivity contribution in [1.82, 2.24) is 30.3 Å². The number of guanidine groups is 1. The molecular weight excluding hydrogens is 417 g/mol. The molecule has 0 aliphatic carbocycles. The molecule has 0 saturated heterocycles. The summed E-state index contributed by atoms with van der Waals surface area (Å²) in [6.45, 7) is 5.62. The number of aryl methyl sites for hydroxylation is 1. The number of halogens is 1. The van der Waals surface area contributed by atoms with E-state index in [9.17, 15) is 0 Å². The van der Waals surface area contributed by atoms with Crippen LogP contribution in [0, 0.1) is 0 Å². The molecule has 1 heterocycles. The van der Waals surface area contributed by atoms with Crippen molar-refractivity contribution in [2.45, 2.75) is 45.6 Å². The van der Waals surface area contributed by atoms with Crippen molar-refractivity contribution >= 4 is 29.9 Å². The van der Waals surface area contributed by atoms with Gasteiger partial charge in [0.05, 0.1) is 0 Å². The normalized spacial score (nSPS) is 11.5. The zero-order chi connectivity index (χ0) is 16.9. The number of rotatable bonds is 11. The van der Waals surface area contributed by atoms with Gasteiger partial charge in [0.15, 0.2) is 5.96 Å². The molecule has 7 nitrogen and oxygen atoms in total. The van der Waals surface area contributed by atoms with Crippen LogP contribution in [0.1, 0.15) is 44.9 Å². The first-order chi connectivity index (χ1) is 11.1. The Hall–Kier alpha value is -0.900. The Kier molecular flexibility index (Phi) is 13.9. The maximum absolute atomic E-state index is 4.55. The molecule has 24 heavy (non-hydrogen) atoms. The highest BCUT2D eigenvalue weighted by Crippen LogP contribution is 2.02. The van der Waals surface area contributed by atoms with Crippen molar-refractivity contribution in [3.63, 3.8) is 0 Å². The second-order valence-corrected chi connectivity index (χ2v) is 5.99. The Morgan fingerprint density at radius 2 is 1.88 bits per heavy atom. The van der Waals surface area contributed by atoms with Crippen LogP contribution < -0.4 is 10.6 Å². The van der Waals surface area contributed by atoms with Gasteiger partial charge in [-0.05, 0) is 40.4 Å². The summed E-state index contributed by atoms with van der Waals surface area (Å²) in [5.74, 6) is 1.71. The summed E-state index contributed by atoms with van der Waals surface area (Å²) in [6.07, 6.45) is 7.92. The van der Waals surface area contributed by atoms with Gasteiger partial charge in [0.2, 0.25) is 0 Å². The summed E-state index contributed by atoms with van der Waals surface area (Å²) in [7, 11) is 6.15. The first kappa shape index (κ1) is 23.1. The summed E-state index contributed by atoms with van der Waals surface area (Å²) < 4.78 is 1.75. The molecule has 2 N–H and O–H groups in total. The van der Waals surface area contributed by atoms with Gasteiger partial charge in [-0.2, -0.15) is 5.10 Å². The quantitative estimate of drug-likeness (QED) is 0.233. The van der Waals surface area contributed by atoms with E-state index in [0.29, 0.717) is 6.54 Å². The van der Waals surface area contributed by atoms with E-state index in [1.807, 2.05) is 7.05 Å². The minimum Gasteiger partial charge on any atom is -0.357 e. The molecule has 0 atom stereocenters. The van der Waals surface area contributed by atoms with Crippen molar-refractivity contribution in [1.29, 1.82) is 0 Å². The average molecular weight is 451 g/mol. The van der Waals surface area contributed by atoms with Gasteiger partial charge in [-0.15, -0.1) is 24.0 Å². The number of hydrogen-bond donors (Lipinski definition) is 2. The molecule has 0 radical (unpaired) electrons. The lowest BCUT2D eigenvalue weighted by molar-refractivity contribution is 0.389. The van der Waals surface area contributed by atoms with Gasteiger partial charge in [0, 0.05) is 20.1 Å². The van der Waals surface area contributed by atoms with Gasteiger partial charge in [-0.1, -0.05) is 19.3 Å². The molecule has 0 unspecified atom stereocenters. The molecule has 0 fully saturated rings. The van der Waals surface area contributed by atoms with E-state index >= 15 is 0 Å². The Morgan fingerprint density at radius 1 is 1.17 bits per heavy atom. The molecule has 0 spiro atoms. The highest BCUT2D eigenvalue weighted by Gasteiger charge is 2.01. The number of aromatic nitrogens is 3. The van der Waals surface area contributed by atoms with Gasteiger partial charge < -0.3 is 15.5 Å². The van der Waals surface area contributed by atoms with E-state index in [1.165, 1.54) is 38.6 Å². The zero-order valence-electron chi connectivity index (χ0n) is 15.6. The van der Waals surface area contributed by atoms with Crippen molar-refractivity contribution in [3.8, 4) is 0 Å². The number of hydrogen-bond acceptors (Lipinski definition) is 4. The van der Waals surface area contributed by atoms with Crippen molar-refractivity contribution in [2.24, 2.45) is 12.0 Å². The maximum atomic E-state index is 4.55. The minimum absolute atomic E-state index is 0. The highest BCUT2D eigenvalue weighted by molar-refractivity contribution is 14.0. The minimum atomic E-state index is 0. The van der Waals surface area contributed by atoms with Crippen molar-refractivity contribution in [2.75, 3.05) is 33.7 Å². The molecule has 1 aromatic rings. The third kappa shape index (κ3) is 10.8. The van der Waals surface area contributed by atoms with Crippen LogP contribution in [0.2, 0.25) is 0 Å². The lowest BCUT2D eigenvalue weighted by atomic mass is 10.1. The first-order valence-electron chi connectivity index (χ1n) is 8.63. The van der Waals surface area contributed by atoms with E-state index in [1.54, 1.807) is 11.0 Å². The van der Waals surface area contributed by atoms with Gasteiger partial charge in [0.25, 0.3) is 0 Å². The second-order valence-electron chi connectivity index (χ2n) is 5.99. The molecule has 1 rings (SSSR count). The van der Waals surface area contributed by atoms with Crippen molar-refractivity contribution < 1.29 is 0 Å². The summed E-state index contributed by atoms with van der Waals surface area (Å²) in [5, 5.41) is 10.7. The molecular formula is C16H34IN7. The Balaban J connectivity index is 0.00000529. The fourth-order valence-electron chi connectivity index (χ4n) is 2.24. The molecule has 0 aliphatic heterocycles. The Bertz CT molecular complexity index is 445. The van der Waals surface area contributed by atoms with E-state index in [-0.39, 0.29) is 24.0 Å². The number of nitrogens with one attached hydrogen (secondary N) is 2. The Labute approximate surface area is 163 Å². The predicted molar refractivity (Wildman–Crippen MR) is 111 cm³/mol. The largest absolute Gasteiger partial charge is 0.357 e. The lowest BCUT2D eigenvalue weighted by Crippen LogP contribution is -2.37. The third-order valence-electron chi connectivity index (χ3n) is 3.60. The summed E-state index contributed by atoms with van der Waals surface area (Å²) in [6, 6.07) is 0. The van der Waals surface area contributed by atoms with Crippen LogP contribution in [0.4, 0.5) is 0 Å². The van der Waals surface area contributed by atoms with Gasteiger partial charge >= 0.3 is 0 Å². The predicted octanol–water partition coefficient (Wildman–Crippen LogP) is 2.00. The molecule has 8 heteroatoms. The lowest BCUT2D eigenvalue weighted by Gasteiger charge is -2.11. The fourth-order valence-corrected chi connectivity index (χ4v) is 2.24. The van der Waals surface area contributed by atoms with Crippen LogP contribution in [0.5, 0.6) is 0 Å². The Morgan fingerprint density at radius 3 is 2.50 bits per heavy atom. The SMILES string of the molecule is CCNC(=NCc1ncnn1C)NCCCCCCCN(C)C.I. The van der Waals surface area contributed by atoms with Crippen LogP contribution >= 0.6 is 24.0 Å². The van der Waals surface area contributed by atoms with E-state index in [4.69, 9.17) is 0 Å². The number of nitrogens with zero attached hydrogens (tertiary/aromatic N) is 5. The summed E-state index contributed by atoms with van der Waals surface area (Å²) >= 11 is 0. The van der Waals surface area contributed by atoms with Crippen molar-refractivity contribution in [3.05, 3.63) is 12.2 Å². The second kappa shape index (κ2) is 14.4. The summed E-state index contributed by atoms with van der Waals surface area (Å²) in [4.78, 5) is 11.0. The van der Waals surface area contributed by atoms with Crippen LogP contribution in [-0.4, -0.2) is 59.4 Å². The highest BCUT2D eigenvalue weighted by atomic mass is 127.